The van der Waals surface area contributed by atoms with Crippen LogP contribution in [0.15, 0.2) is 18.2 Å². The van der Waals surface area contributed by atoms with Gasteiger partial charge in [0.1, 0.15) is 24.2 Å². The molecule has 2 aromatic rings. The molecule has 1 aromatic heterocycles. The molecule has 3 rings (SSSR count). The summed E-state index contributed by atoms with van der Waals surface area (Å²) in [6.07, 6.45) is 2.26. The van der Waals surface area contributed by atoms with E-state index in [-0.39, 0.29) is 19.4 Å². The molecule has 0 amide bonds. The molecule has 0 bridgehead atoms. The van der Waals surface area contributed by atoms with Gasteiger partial charge in [0.25, 0.3) is 5.92 Å². The molecule has 3 atom stereocenters. The molecular formula is C28H48F2N4O3SSi. The number of hydrogen-bond acceptors (Lipinski definition) is 5. The van der Waals surface area contributed by atoms with Gasteiger partial charge in [0.05, 0.1) is 33.4 Å². The minimum absolute atomic E-state index is 0.0470. The van der Waals surface area contributed by atoms with Crippen LogP contribution in [-0.4, -0.2) is 51.3 Å². The Balaban J connectivity index is 2.02. The number of hydrogen-bond donors (Lipinski definition) is 2. The fourth-order valence-electron chi connectivity index (χ4n) is 3.92. The quantitative estimate of drug-likeness (QED) is 0.200. The number of imidazole rings is 1. The summed E-state index contributed by atoms with van der Waals surface area (Å²) in [4.78, 5) is 4.93. The molecule has 0 radical (unpaired) electrons. The molecule has 0 aliphatic heterocycles. The summed E-state index contributed by atoms with van der Waals surface area (Å²) in [6, 6.07) is 6.27. The number of nitrogens with one attached hydrogen (secondary N) is 1. The summed E-state index contributed by atoms with van der Waals surface area (Å²) in [6.45, 7) is 16.7. The number of halogens is 2. The normalized spacial score (nSPS) is 17.9. The monoisotopic (exact) mass is 586 g/mol. The van der Waals surface area contributed by atoms with Crippen LogP contribution in [0.2, 0.25) is 25.7 Å². The van der Waals surface area contributed by atoms with E-state index < -0.39 is 41.4 Å². The Hall–Kier alpha value is -1.24. The van der Waals surface area contributed by atoms with Crippen LogP contribution in [0.3, 0.4) is 0 Å². The molecule has 0 spiro atoms. The summed E-state index contributed by atoms with van der Waals surface area (Å²) in [5.74, 6) is -2.05. The van der Waals surface area contributed by atoms with Gasteiger partial charge in [-0.25, -0.2) is 22.7 Å². The Bertz CT molecular complexity index is 1150. The molecule has 1 saturated carbocycles. The molecule has 1 heterocycles. The third-order valence-electron chi connectivity index (χ3n) is 7.32. The van der Waals surface area contributed by atoms with Crippen LogP contribution in [0.4, 0.5) is 8.78 Å². The van der Waals surface area contributed by atoms with E-state index in [0.717, 1.165) is 42.4 Å². The summed E-state index contributed by atoms with van der Waals surface area (Å²) < 4.78 is 58.2. The molecule has 1 aliphatic carbocycles. The number of nitrogens with two attached hydrogens (primary N) is 1. The second-order valence-corrected chi connectivity index (χ2v) is 21.2. The summed E-state index contributed by atoms with van der Waals surface area (Å²) in [7, 11) is -2.80. The zero-order chi connectivity index (χ0) is 29.4. The van der Waals surface area contributed by atoms with Gasteiger partial charge in [-0.05, 0) is 77.1 Å². The molecule has 7 nitrogen and oxygen atoms in total. The minimum atomic E-state index is -3.07. The highest BCUT2D eigenvalue weighted by Gasteiger charge is 2.44. The minimum Gasteiger partial charge on any atom is -0.367 e. The van der Waals surface area contributed by atoms with Crippen molar-refractivity contribution in [2.75, 3.05) is 13.2 Å². The van der Waals surface area contributed by atoms with Gasteiger partial charge >= 0.3 is 0 Å². The van der Waals surface area contributed by atoms with E-state index in [1.165, 1.54) is 13.8 Å². The highest BCUT2D eigenvalue weighted by atomic mass is 32.2. The number of rotatable bonds is 14. The lowest BCUT2D eigenvalue weighted by Crippen LogP contribution is -2.46. The summed E-state index contributed by atoms with van der Waals surface area (Å²) in [5.41, 5.74) is 7.36. The van der Waals surface area contributed by atoms with E-state index in [0.29, 0.717) is 18.3 Å². The highest BCUT2D eigenvalue weighted by molar-refractivity contribution is 7.84. The molecule has 222 valence electrons. The third kappa shape index (κ3) is 8.62. The Morgan fingerprint density at radius 3 is 2.36 bits per heavy atom. The van der Waals surface area contributed by atoms with Crippen molar-refractivity contribution in [1.82, 2.24) is 14.3 Å². The molecule has 39 heavy (non-hydrogen) atoms. The predicted octanol–water partition coefficient (Wildman–Crippen LogP) is 6.30. The van der Waals surface area contributed by atoms with Gasteiger partial charge in [-0.3, -0.25) is 0 Å². The molecule has 3 N–H and O–H groups in total. The first-order chi connectivity index (χ1) is 17.8. The fourth-order valence-corrected chi connectivity index (χ4v) is 5.46. The summed E-state index contributed by atoms with van der Waals surface area (Å²) >= 11 is 0. The van der Waals surface area contributed by atoms with Crippen molar-refractivity contribution in [1.29, 1.82) is 0 Å². The van der Waals surface area contributed by atoms with Crippen LogP contribution in [0.1, 0.15) is 77.9 Å². The van der Waals surface area contributed by atoms with Crippen LogP contribution in [0, 0.1) is 5.92 Å². The highest BCUT2D eigenvalue weighted by Crippen LogP contribution is 2.40. The predicted molar refractivity (Wildman–Crippen MR) is 158 cm³/mol. The molecule has 1 aliphatic rings. The maximum absolute atomic E-state index is 14.3. The van der Waals surface area contributed by atoms with Gasteiger partial charge in [0, 0.05) is 27.6 Å². The maximum Gasteiger partial charge on any atom is 0.273 e. The van der Waals surface area contributed by atoms with E-state index in [1.54, 1.807) is 0 Å². The van der Waals surface area contributed by atoms with Gasteiger partial charge in [0.2, 0.25) is 0 Å². The number of ether oxygens (including phenoxy) is 2. The maximum atomic E-state index is 14.3. The number of alkyl halides is 2. The Labute approximate surface area is 236 Å². The zero-order valence-electron chi connectivity index (χ0n) is 25.1. The molecule has 0 unspecified atom stereocenters. The first kappa shape index (κ1) is 32.3. The lowest BCUT2D eigenvalue weighted by atomic mass is 10.0. The molecular weight excluding hydrogens is 538 g/mol. The van der Waals surface area contributed by atoms with E-state index in [4.69, 9.17) is 20.2 Å². The van der Waals surface area contributed by atoms with Crippen molar-refractivity contribution in [2.24, 2.45) is 11.7 Å². The van der Waals surface area contributed by atoms with Crippen LogP contribution < -0.4 is 10.5 Å². The van der Waals surface area contributed by atoms with Gasteiger partial charge in [0.15, 0.2) is 0 Å². The molecule has 0 saturated heterocycles. The van der Waals surface area contributed by atoms with E-state index in [9.17, 15) is 13.0 Å². The Kier molecular flexibility index (Phi) is 9.87. The second kappa shape index (κ2) is 11.9. The average Bonchev–Trinajstić information content (AvgIpc) is 3.58. The zero-order valence-corrected chi connectivity index (χ0v) is 26.9. The Morgan fingerprint density at radius 2 is 1.82 bits per heavy atom. The van der Waals surface area contributed by atoms with Crippen LogP contribution >= 0.6 is 0 Å². The van der Waals surface area contributed by atoms with Gasteiger partial charge in [-0.2, -0.15) is 0 Å². The smallest absolute Gasteiger partial charge is 0.273 e. The largest absolute Gasteiger partial charge is 0.367 e. The third-order valence-corrected chi connectivity index (χ3v) is 10.6. The molecule has 11 heteroatoms. The molecule has 1 fully saturated rings. The van der Waals surface area contributed by atoms with Gasteiger partial charge in [-0.1, -0.05) is 25.7 Å². The SMILES string of the molecule is CC(C)(C)[S@@](=O)N[C@@H](COC(C)(C)C(C)(F)F)c1nc2cc([C@H](N)C3CC3)ccc2n1COCC[Si](C)(C)C. The van der Waals surface area contributed by atoms with Crippen LogP contribution in [0.25, 0.3) is 11.0 Å². The average molecular weight is 587 g/mol. The fraction of sp³-hybridized carbons (Fsp3) is 0.750. The van der Waals surface area contributed by atoms with Crippen molar-refractivity contribution < 1.29 is 22.5 Å². The second-order valence-electron chi connectivity index (χ2n) is 13.6. The van der Waals surface area contributed by atoms with Gasteiger partial charge in [-0.15, -0.1) is 0 Å². The number of fused-ring (bicyclic) bond motifs is 1. The summed E-state index contributed by atoms with van der Waals surface area (Å²) in [5, 5.41) is 0. The van der Waals surface area contributed by atoms with Gasteiger partial charge < -0.3 is 19.8 Å². The number of benzene rings is 1. The van der Waals surface area contributed by atoms with Crippen LogP contribution in [0.5, 0.6) is 0 Å². The lowest BCUT2D eigenvalue weighted by molar-refractivity contribution is -0.183. The van der Waals surface area contributed by atoms with E-state index in [1.807, 2.05) is 43.5 Å². The Morgan fingerprint density at radius 1 is 1.18 bits per heavy atom. The van der Waals surface area contributed by atoms with Crippen molar-refractivity contribution in [2.45, 2.75) is 115 Å². The van der Waals surface area contributed by atoms with Crippen molar-refractivity contribution in [3.05, 3.63) is 29.6 Å². The number of nitrogens with zero attached hydrogens (tertiary/aromatic N) is 2. The van der Waals surface area contributed by atoms with Crippen molar-refractivity contribution >= 4 is 30.1 Å². The molecule has 1 aromatic carbocycles. The first-order valence-electron chi connectivity index (χ1n) is 13.8. The number of aromatic nitrogens is 2. The standard InChI is InChI=1S/C28H48F2N4O3SSi/c1-26(2,3)38(35)33-22(17-37-27(4,5)28(6,29)30)25-32-21-16-20(24(31)19-10-11-19)12-13-23(21)34(25)18-36-14-15-39(7,8)9/h12-13,16,19,22,24,33H,10-11,14-15,17-18,31H2,1-9H3/t22-,24+,38+/m0/s1. The topological polar surface area (TPSA) is 91.4 Å². The first-order valence-corrected chi connectivity index (χ1v) is 18.7. The van der Waals surface area contributed by atoms with E-state index in [2.05, 4.69) is 24.4 Å². The van der Waals surface area contributed by atoms with Crippen molar-refractivity contribution in [3.63, 3.8) is 0 Å². The lowest BCUT2D eigenvalue weighted by Gasteiger charge is -2.33. The van der Waals surface area contributed by atoms with Crippen molar-refractivity contribution in [3.8, 4) is 0 Å². The van der Waals surface area contributed by atoms with E-state index >= 15 is 0 Å². The van der Waals surface area contributed by atoms with Crippen LogP contribution in [-0.2, 0) is 27.2 Å².